The van der Waals surface area contributed by atoms with Crippen LogP contribution in [0.4, 0.5) is 0 Å². The normalized spacial score (nSPS) is 17.2. The number of nitrogens with zero attached hydrogens (tertiary/aromatic N) is 4. The van der Waals surface area contributed by atoms with Gasteiger partial charge in [-0.3, -0.25) is 0 Å². The lowest BCUT2D eigenvalue weighted by Crippen LogP contribution is -2.31. The average Bonchev–Trinajstić information content (AvgIpc) is 3.08. The third-order valence-corrected chi connectivity index (χ3v) is 5.64. The molecule has 5 rings (SSSR count). The lowest BCUT2D eigenvalue weighted by Gasteiger charge is -2.33. The summed E-state index contributed by atoms with van der Waals surface area (Å²) in [6, 6.07) is 19.7. The van der Waals surface area contributed by atoms with Gasteiger partial charge in [0, 0.05) is 49.5 Å². The summed E-state index contributed by atoms with van der Waals surface area (Å²) in [4.78, 5) is 2.41. The van der Waals surface area contributed by atoms with Crippen LogP contribution in [0.15, 0.2) is 67.0 Å². The second-order valence-corrected chi connectivity index (χ2v) is 7.52. The molecular formula is C23H22N4. The monoisotopic (exact) mass is 354 g/mol. The molecule has 4 aromatic rings. The Labute approximate surface area is 159 Å². The summed E-state index contributed by atoms with van der Waals surface area (Å²) in [7, 11) is 4.31. The Bertz CT molecular complexity index is 1110. The Balaban J connectivity index is 1.60. The first-order chi connectivity index (χ1) is 13.2. The molecule has 1 aliphatic heterocycles. The number of aromatic nitrogens is 3. The van der Waals surface area contributed by atoms with Crippen molar-refractivity contribution in [3.8, 4) is 11.3 Å². The van der Waals surface area contributed by atoms with Crippen LogP contribution in [0.1, 0.15) is 22.6 Å². The molecule has 1 unspecified atom stereocenters. The molecule has 0 saturated heterocycles. The van der Waals surface area contributed by atoms with Crippen molar-refractivity contribution in [1.29, 1.82) is 0 Å². The molecule has 1 aliphatic rings. The molecule has 0 saturated carbocycles. The zero-order valence-electron chi connectivity index (χ0n) is 15.6. The molecule has 0 spiro atoms. The van der Waals surface area contributed by atoms with Crippen LogP contribution in [0, 0.1) is 0 Å². The van der Waals surface area contributed by atoms with E-state index in [1.54, 1.807) is 6.20 Å². The molecule has 0 aliphatic carbocycles. The molecule has 27 heavy (non-hydrogen) atoms. The minimum atomic E-state index is 0.383. The van der Waals surface area contributed by atoms with Crippen LogP contribution in [-0.4, -0.2) is 33.3 Å². The predicted molar refractivity (Wildman–Crippen MR) is 109 cm³/mol. The Morgan fingerprint density at radius 2 is 1.93 bits per heavy atom. The molecule has 0 fully saturated rings. The summed E-state index contributed by atoms with van der Waals surface area (Å²) in [5.74, 6) is 0.383. The molecule has 1 atom stereocenters. The highest BCUT2D eigenvalue weighted by Crippen LogP contribution is 2.36. The second-order valence-electron chi connectivity index (χ2n) is 7.52. The topological polar surface area (TPSA) is 34.0 Å². The fourth-order valence-electron chi connectivity index (χ4n) is 4.24. The molecule has 0 N–H and O–H groups in total. The van der Waals surface area contributed by atoms with E-state index in [1.165, 1.54) is 27.6 Å². The van der Waals surface area contributed by atoms with E-state index in [1.807, 2.05) is 12.1 Å². The van der Waals surface area contributed by atoms with Crippen LogP contribution >= 0.6 is 0 Å². The Morgan fingerprint density at radius 1 is 1.00 bits per heavy atom. The summed E-state index contributed by atoms with van der Waals surface area (Å²) in [6.07, 6.45) is 3.84. The van der Waals surface area contributed by atoms with E-state index in [4.69, 9.17) is 0 Å². The van der Waals surface area contributed by atoms with Crippen molar-refractivity contribution in [2.75, 3.05) is 13.6 Å². The molecule has 0 amide bonds. The number of likely N-dealkylation sites (N-methyl/N-ethyl adjacent to an activating group) is 1. The van der Waals surface area contributed by atoms with Gasteiger partial charge in [-0.1, -0.05) is 24.3 Å². The van der Waals surface area contributed by atoms with E-state index in [0.717, 1.165) is 24.3 Å². The van der Waals surface area contributed by atoms with Crippen molar-refractivity contribution in [3.63, 3.8) is 0 Å². The van der Waals surface area contributed by atoms with E-state index in [2.05, 4.69) is 82.4 Å². The molecule has 4 heteroatoms. The van der Waals surface area contributed by atoms with Crippen molar-refractivity contribution in [2.24, 2.45) is 7.05 Å². The van der Waals surface area contributed by atoms with Crippen LogP contribution in [0.25, 0.3) is 22.2 Å². The first kappa shape index (κ1) is 16.2. The summed E-state index contributed by atoms with van der Waals surface area (Å²) < 4.78 is 2.20. The number of fused-ring (bicyclic) bond motifs is 2. The first-order valence-corrected chi connectivity index (χ1v) is 9.33. The molecular weight excluding hydrogens is 332 g/mol. The number of hydrogen-bond acceptors (Lipinski definition) is 3. The van der Waals surface area contributed by atoms with Crippen molar-refractivity contribution in [3.05, 3.63) is 83.7 Å². The van der Waals surface area contributed by atoms with E-state index in [9.17, 15) is 0 Å². The van der Waals surface area contributed by atoms with Crippen LogP contribution in [-0.2, 0) is 13.6 Å². The lowest BCUT2D eigenvalue weighted by molar-refractivity contribution is 0.295. The van der Waals surface area contributed by atoms with Crippen LogP contribution < -0.4 is 0 Å². The summed E-state index contributed by atoms with van der Waals surface area (Å²) in [5, 5.41) is 9.58. The molecule has 0 bridgehead atoms. The summed E-state index contributed by atoms with van der Waals surface area (Å²) in [6.45, 7) is 2.00. The summed E-state index contributed by atoms with van der Waals surface area (Å²) in [5.41, 5.74) is 7.53. The maximum Gasteiger partial charge on any atom is 0.0929 e. The predicted octanol–water partition coefficient (Wildman–Crippen LogP) is 4.21. The van der Waals surface area contributed by atoms with Gasteiger partial charge in [-0.15, -0.1) is 0 Å². The molecule has 3 heterocycles. The zero-order chi connectivity index (χ0) is 18.4. The Hall–Kier alpha value is -2.98. The third-order valence-electron chi connectivity index (χ3n) is 5.64. The number of rotatable bonds is 2. The average molecular weight is 354 g/mol. The minimum absolute atomic E-state index is 0.383. The number of aryl methyl sites for hydroxylation is 1. The lowest BCUT2D eigenvalue weighted by atomic mass is 9.83. The molecule has 134 valence electrons. The first-order valence-electron chi connectivity index (χ1n) is 9.33. The SMILES string of the molecule is CN1Cc2cc(-c3cccnn3)ccc2C(c2ccc3ccn(C)c3c2)C1. The van der Waals surface area contributed by atoms with Gasteiger partial charge in [-0.05, 0) is 59.5 Å². The summed E-state index contributed by atoms with van der Waals surface area (Å²) >= 11 is 0. The molecule has 4 nitrogen and oxygen atoms in total. The third kappa shape index (κ3) is 2.82. The van der Waals surface area contributed by atoms with Gasteiger partial charge in [0.05, 0.1) is 5.69 Å². The quantitative estimate of drug-likeness (QED) is 0.541. The van der Waals surface area contributed by atoms with E-state index < -0.39 is 0 Å². The molecule has 0 radical (unpaired) electrons. The van der Waals surface area contributed by atoms with E-state index >= 15 is 0 Å². The van der Waals surface area contributed by atoms with Crippen molar-refractivity contribution >= 4 is 10.9 Å². The van der Waals surface area contributed by atoms with E-state index in [-0.39, 0.29) is 0 Å². The van der Waals surface area contributed by atoms with Gasteiger partial charge in [0.25, 0.3) is 0 Å². The van der Waals surface area contributed by atoms with Gasteiger partial charge in [0.2, 0.25) is 0 Å². The van der Waals surface area contributed by atoms with Gasteiger partial charge in [0.1, 0.15) is 0 Å². The van der Waals surface area contributed by atoms with E-state index in [0.29, 0.717) is 5.92 Å². The number of hydrogen-bond donors (Lipinski definition) is 0. The number of benzene rings is 2. The van der Waals surface area contributed by atoms with Crippen molar-refractivity contribution in [2.45, 2.75) is 12.5 Å². The fourth-order valence-corrected chi connectivity index (χ4v) is 4.24. The highest BCUT2D eigenvalue weighted by atomic mass is 15.1. The van der Waals surface area contributed by atoms with Crippen molar-refractivity contribution < 1.29 is 0 Å². The maximum absolute atomic E-state index is 4.27. The van der Waals surface area contributed by atoms with Gasteiger partial charge >= 0.3 is 0 Å². The molecule has 2 aromatic heterocycles. The largest absolute Gasteiger partial charge is 0.351 e. The fraction of sp³-hybridized carbons (Fsp3) is 0.217. The van der Waals surface area contributed by atoms with Gasteiger partial charge in [-0.2, -0.15) is 10.2 Å². The maximum atomic E-state index is 4.27. The van der Waals surface area contributed by atoms with Crippen LogP contribution in [0.3, 0.4) is 0 Å². The van der Waals surface area contributed by atoms with Crippen LogP contribution in [0.2, 0.25) is 0 Å². The smallest absolute Gasteiger partial charge is 0.0929 e. The van der Waals surface area contributed by atoms with Crippen LogP contribution in [0.5, 0.6) is 0 Å². The standard InChI is InChI=1S/C23H22N4/c1-26-14-19-12-18(22-4-3-10-24-25-22)7-8-20(19)21(15-26)17-6-5-16-9-11-27(2)23(16)13-17/h3-13,21H,14-15H2,1-2H3. The highest BCUT2D eigenvalue weighted by molar-refractivity contribution is 5.81. The molecule has 2 aromatic carbocycles. The highest BCUT2D eigenvalue weighted by Gasteiger charge is 2.25. The van der Waals surface area contributed by atoms with Gasteiger partial charge in [-0.25, -0.2) is 0 Å². The Kier molecular flexibility index (Phi) is 3.80. The van der Waals surface area contributed by atoms with Gasteiger partial charge in [0.15, 0.2) is 0 Å². The van der Waals surface area contributed by atoms with Gasteiger partial charge < -0.3 is 9.47 Å². The second kappa shape index (κ2) is 6.32. The Morgan fingerprint density at radius 3 is 2.78 bits per heavy atom. The zero-order valence-corrected chi connectivity index (χ0v) is 15.6. The van der Waals surface area contributed by atoms with Crippen molar-refractivity contribution in [1.82, 2.24) is 19.7 Å². The minimum Gasteiger partial charge on any atom is -0.351 e.